The second kappa shape index (κ2) is 7.93. The predicted molar refractivity (Wildman–Crippen MR) is 64.1 cm³/mol. The van der Waals surface area contributed by atoms with Gasteiger partial charge in [-0.3, -0.25) is 4.48 Å². The third-order valence-corrected chi connectivity index (χ3v) is 2.83. The van der Waals surface area contributed by atoms with Crippen LogP contribution in [0.3, 0.4) is 0 Å². The van der Waals surface area contributed by atoms with E-state index in [9.17, 15) is 9.90 Å². The van der Waals surface area contributed by atoms with Crippen LogP contribution in [0.1, 0.15) is 13.8 Å². The number of hydrogen-bond acceptors (Lipinski definition) is 3. The highest BCUT2D eigenvalue weighted by molar-refractivity contribution is 6.18. The summed E-state index contributed by atoms with van der Waals surface area (Å²) in [5.74, 6) is -0.248. The van der Waals surface area contributed by atoms with Crippen molar-refractivity contribution in [1.82, 2.24) is 0 Å². The maximum atomic E-state index is 11.3. The fourth-order valence-electron chi connectivity index (χ4n) is 1.14. The van der Waals surface area contributed by atoms with E-state index in [4.69, 9.17) is 16.3 Å². The number of nitrogens with zero attached hydrogens (tertiary/aromatic N) is 1. The molecule has 0 aromatic rings. The molecule has 0 bridgehead atoms. The molecule has 102 valence electrons. The molecule has 0 aliphatic rings. The minimum Gasteiger partial charge on any atom is -1.00 e. The Kier molecular flexibility index (Phi) is 8.89. The lowest BCUT2D eigenvalue weighted by atomic mass is 10.3. The minimum atomic E-state index is -0.609. The van der Waals surface area contributed by atoms with Crippen LogP contribution in [-0.2, 0) is 9.53 Å². The summed E-state index contributed by atoms with van der Waals surface area (Å²) in [6, 6.07) is 0. The number of carbonyl (C=O) groups excluding carboxylic acids is 1. The van der Waals surface area contributed by atoms with E-state index in [1.54, 1.807) is 13.8 Å². The van der Waals surface area contributed by atoms with Gasteiger partial charge < -0.3 is 22.3 Å². The van der Waals surface area contributed by atoms with Gasteiger partial charge in [0.2, 0.25) is 6.23 Å². The zero-order valence-corrected chi connectivity index (χ0v) is 12.3. The van der Waals surface area contributed by atoms with Crippen molar-refractivity contribution in [2.45, 2.75) is 26.2 Å². The van der Waals surface area contributed by atoms with Crippen molar-refractivity contribution in [1.29, 1.82) is 0 Å². The number of halogens is 2. The molecule has 2 unspecified atom stereocenters. The number of carbonyl (C=O) groups is 1. The zero-order valence-electron chi connectivity index (χ0n) is 10.7. The highest BCUT2D eigenvalue weighted by atomic mass is 35.5. The Labute approximate surface area is 114 Å². The van der Waals surface area contributed by atoms with Crippen LogP contribution >= 0.6 is 11.6 Å². The first-order chi connectivity index (χ1) is 7.20. The summed E-state index contributed by atoms with van der Waals surface area (Å²) in [5, 5.41) is 9.48. The smallest absolute Gasteiger partial charge is 0.337 e. The number of esters is 1. The van der Waals surface area contributed by atoms with E-state index in [0.717, 1.165) is 0 Å². The lowest BCUT2D eigenvalue weighted by Gasteiger charge is -2.36. The van der Waals surface area contributed by atoms with Crippen molar-refractivity contribution in [2.24, 2.45) is 0 Å². The van der Waals surface area contributed by atoms with Crippen LogP contribution in [0.2, 0.25) is 0 Å². The molecule has 0 aliphatic carbocycles. The Bertz CT molecular complexity index is 269. The molecule has 0 saturated carbocycles. The van der Waals surface area contributed by atoms with Gasteiger partial charge in [-0.15, -0.1) is 11.6 Å². The number of aliphatic hydroxyl groups is 1. The second-order valence-electron chi connectivity index (χ2n) is 4.55. The van der Waals surface area contributed by atoms with Crippen LogP contribution < -0.4 is 12.4 Å². The molecule has 0 rings (SSSR count). The quantitative estimate of drug-likeness (QED) is 0.205. The average Bonchev–Trinajstić information content (AvgIpc) is 2.16. The van der Waals surface area contributed by atoms with Gasteiger partial charge in [-0.2, -0.15) is 0 Å². The average molecular weight is 286 g/mol. The molecule has 0 fully saturated rings. The largest absolute Gasteiger partial charge is 1.00 e. The van der Waals surface area contributed by atoms with Crippen molar-refractivity contribution in [2.75, 3.05) is 26.5 Å². The fraction of sp³-hybridized carbons (Fsp3) is 0.727. The van der Waals surface area contributed by atoms with E-state index in [2.05, 4.69) is 6.58 Å². The van der Waals surface area contributed by atoms with E-state index >= 15 is 0 Å². The number of hydrogen-bond donors (Lipinski definition) is 1. The Hall–Kier alpha value is -0.290. The summed E-state index contributed by atoms with van der Waals surface area (Å²) < 4.78 is 5.56. The number of alkyl halides is 1. The van der Waals surface area contributed by atoms with Gasteiger partial charge in [0.05, 0.1) is 20.0 Å². The summed E-state index contributed by atoms with van der Waals surface area (Å²) >= 11 is 5.54. The lowest BCUT2D eigenvalue weighted by molar-refractivity contribution is -0.935. The third kappa shape index (κ3) is 6.88. The summed E-state index contributed by atoms with van der Waals surface area (Å²) in [7, 11) is 3.73. The Morgan fingerprint density at radius 2 is 2.00 bits per heavy atom. The van der Waals surface area contributed by atoms with Crippen LogP contribution in [-0.4, -0.2) is 54.4 Å². The molecule has 0 saturated heterocycles. The normalized spacial score (nSPS) is 14.5. The van der Waals surface area contributed by atoms with Gasteiger partial charge in [0, 0.05) is 12.5 Å². The van der Waals surface area contributed by atoms with Crippen molar-refractivity contribution in [3.8, 4) is 0 Å². The van der Waals surface area contributed by atoms with Gasteiger partial charge in [-0.25, -0.2) is 4.79 Å². The molecule has 0 spiro atoms. The summed E-state index contributed by atoms with van der Waals surface area (Å²) in [6.07, 6.45) is -0.968. The molecule has 0 radical (unpaired) electrons. The van der Waals surface area contributed by atoms with E-state index in [1.165, 1.54) is 0 Å². The molecule has 17 heavy (non-hydrogen) atoms. The number of ether oxygens (including phenoxy) is 1. The molecule has 2 atom stereocenters. The number of quaternary nitrogens is 1. The molecule has 0 aromatic heterocycles. The fourth-order valence-corrected chi connectivity index (χ4v) is 1.24. The minimum absolute atomic E-state index is 0. The topological polar surface area (TPSA) is 46.5 Å². The van der Waals surface area contributed by atoms with Gasteiger partial charge in [0.1, 0.15) is 12.6 Å². The first kappa shape index (κ1) is 19.1. The molecule has 6 heteroatoms. The number of aliphatic hydroxyl groups excluding tert-OH is 1. The molecule has 1 N–H and O–H groups in total. The highest BCUT2D eigenvalue weighted by Crippen LogP contribution is 2.11. The maximum Gasteiger partial charge on any atom is 0.337 e. The SMILES string of the molecule is C=C(C)C(=O)OC(C)[N+](C)(C)CC(O)CCl.[Cl-]. The zero-order chi connectivity index (χ0) is 12.9. The molecule has 0 amide bonds. The Morgan fingerprint density at radius 1 is 1.53 bits per heavy atom. The predicted octanol–water partition coefficient (Wildman–Crippen LogP) is -1.87. The van der Waals surface area contributed by atoms with Gasteiger partial charge in [0.25, 0.3) is 0 Å². The van der Waals surface area contributed by atoms with Gasteiger partial charge in [-0.1, -0.05) is 6.58 Å². The molecular formula is C11H21Cl2NO3. The molecular weight excluding hydrogens is 265 g/mol. The van der Waals surface area contributed by atoms with Crippen LogP contribution in [0.5, 0.6) is 0 Å². The van der Waals surface area contributed by atoms with Crippen LogP contribution in [0.15, 0.2) is 12.2 Å². The monoisotopic (exact) mass is 285 g/mol. The van der Waals surface area contributed by atoms with Crippen LogP contribution in [0.4, 0.5) is 0 Å². The second-order valence-corrected chi connectivity index (χ2v) is 4.86. The van der Waals surface area contributed by atoms with Crippen molar-refractivity contribution < 1.29 is 31.5 Å². The van der Waals surface area contributed by atoms with Gasteiger partial charge >= 0.3 is 5.97 Å². The van der Waals surface area contributed by atoms with E-state index in [0.29, 0.717) is 16.6 Å². The highest BCUT2D eigenvalue weighted by Gasteiger charge is 2.29. The van der Waals surface area contributed by atoms with Gasteiger partial charge in [0.15, 0.2) is 0 Å². The van der Waals surface area contributed by atoms with E-state index in [-0.39, 0.29) is 24.5 Å². The van der Waals surface area contributed by atoms with Crippen LogP contribution in [0, 0.1) is 0 Å². The summed E-state index contributed by atoms with van der Waals surface area (Å²) in [6.45, 7) is 7.32. The molecule has 0 aromatic carbocycles. The lowest BCUT2D eigenvalue weighted by Crippen LogP contribution is -3.00. The van der Waals surface area contributed by atoms with E-state index in [1.807, 2.05) is 14.1 Å². The van der Waals surface area contributed by atoms with Crippen molar-refractivity contribution in [3.05, 3.63) is 12.2 Å². The Morgan fingerprint density at radius 3 is 2.35 bits per heavy atom. The Balaban J connectivity index is 0. The van der Waals surface area contributed by atoms with Crippen molar-refractivity contribution >= 4 is 17.6 Å². The van der Waals surface area contributed by atoms with E-state index < -0.39 is 12.1 Å². The summed E-state index contributed by atoms with van der Waals surface area (Å²) in [4.78, 5) is 11.3. The van der Waals surface area contributed by atoms with Gasteiger partial charge in [-0.05, 0) is 6.92 Å². The maximum absolute atomic E-state index is 11.3. The molecule has 4 nitrogen and oxygen atoms in total. The summed E-state index contributed by atoms with van der Waals surface area (Å²) in [5.41, 5.74) is 0.366. The molecule has 0 heterocycles. The number of rotatable bonds is 6. The number of likely N-dealkylation sites (N-methyl/N-ethyl adjacent to an activating group) is 1. The first-order valence-corrected chi connectivity index (χ1v) is 5.67. The molecule has 0 aliphatic heterocycles. The first-order valence-electron chi connectivity index (χ1n) is 5.14. The standard InChI is InChI=1S/C11H21ClNO3.ClH/c1-8(2)11(15)16-9(3)13(4,5)7-10(14)6-12;/h9-10,14H,1,6-7H2,2-5H3;1H/q+1;/p-1. The third-order valence-electron chi connectivity index (χ3n) is 2.47. The van der Waals surface area contributed by atoms with Crippen molar-refractivity contribution in [3.63, 3.8) is 0 Å². The van der Waals surface area contributed by atoms with Crippen LogP contribution in [0.25, 0.3) is 0 Å².